The Morgan fingerprint density at radius 3 is 2.35 bits per heavy atom. The molecular formula is C11H20ClN5. The van der Waals surface area contributed by atoms with Crippen LogP contribution >= 0.6 is 11.6 Å². The van der Waals surface area contributed by atoms with Crippen molar-refractivity contribution in [3.05, 3.63) is 5.28 Å². The first kappa shape index (κ1) is 14.0. The summed E-state index contributed by atoms with van der Waals surface area (Å²) in [5, 5.41) is 6.49. The highest BCUT2D eigenvalue weighted by molar-refractivity contribution is 6.28. The van der Waals surface area contributed by atoms with Crippen molar-refractivity contribution in [1.82, 2.24) is 15.0 Å². The molecule has 0 bridgehead atoms. The maximum atomic E-state index is 5.85. The highest BCUT2D eigenvalue weighted by atomic mass is 35.5. The standard InChI is InChI=1S/C11H20ClN5/c1-5-7-11(3,4)17-10-15-8(12)14-9(16-10)13-6-2/h5-7H2,1-4H3,(H2,13,14,15,16,17). The molecule has 0 atom stereocenters. The Morgan fingerprint density at radius 1 is 1.12 bits per heavy atom. The summed E-state index contributed by atoms with van der Waals surface area (Å²) in [5.41, 5.74) is -0.0527. The number of hydrogen-bond donors (Lipinski definition) is 2. The van der Waals surface area contributed by atoms with Crippen LogP contribution in [0, 0.1) is 0 Å². The van der Waals surface area contributed by atoms with Crippen LogP contribution in [0.2, 0.25) is 5.28 Å². The zero-order chi connectivity index (χ0) is 12.9. The predicted octanol–water partition coefficient (Wildman–Crippen LogP) is 2.95. The quantitative estimate of drug-likeness (QED) is 0.820. The van der Waals surface area contributed by atoms with Gasteiger partial charge in [-0.2, -0.15) is 15.0 Å². The maximum Gasteiger partial charge on any atom is 0.229 e. The third kappa shape index (κ3) is 4.73. The van der Waals surface area contributed by atoms with Gasteiger partial charge in [0.1, 0.15) is 0 Å². The average molecular weight is 258 g/mol. The highest BCUT2D eigenvalue weighted by Crippen LogP contribution is 2.18. The number of aromatic nitrogens is 3. The monoisotopic (exact) mass is 257 g/mol. The zero-order valence-corrected chi connectivity index (χ0v) is 11.6. The van der Waals surface area contributed by atoms with Gasteiger partial charge in [-0.15, -0.1) is 0 Å². The van der Waals surface area contributed by atoms with Gasteiger partial charge in [0.15, 0.2) is 0 Å². The molecule has 6 heteroatoms. The summed E-state index contributed by atoms with van der Waals surface area (Å²) in [5.74, 6) is 1.02. The van der Waals surface area contributed by atoms with Gasteiger partial charge in [0.2, 0.25) is 17.2 Å². The Labute approximate surface area is 107 Å². The van der Waals surface area contributed by atoms with E-state index in [1.165, 1.54) is 0 Å². The maximum absolute atomic E-state index is 5.85. The number of hydrogen-bond acceptors (Lipinski definition) is 5. The van der Waals surface area contributed by atoms with Crippen LogP contribution in [-0.4, -0.2) is 27.0 Å². The first-order chi connectivity index (χ1) is 7.96. The van der Waals surface area contributed by atoms with Crippen molar-refractivity contribution in [2.75, 3.05) is 17.2 Å². The van der Waals surface area contributed by atoms with Crippen molar-refractivity contribution in [1.29, 1.82) is 0 Å². The molecule has 2 N–H and O–H groups in total. The van der Waals surface area contributed by atoms with Gasteiger partial charge in [0, 0.05) is 12.1 Å². The van der Waals surface area contributed by atoms with E-state index in [9.17, 15) is 0 Å². The molecule has 0 spiro atoms. The van der Waals surface area contributed by atoms with Gasteiger partial charge in [-0.3, -0.25) is 0 Å². The van der Waals surface area contributed by atoms with E-state index in [1.54, 1.807) is 0 Å². The summed E-state index contributed by atoms with van der Waals surface area (Å²) in [6.45, 7) is 9.10. The second kappa shape index (κ2) is 6.00. The van der Waals surface area contributed by atoms with Crippen LogP contribution in [0.3, 0.4) is 0 Å². The van der Waals surface area contributed by atoms with E-state index >= 15 is 0 Å². The molecule has 0 unspecified atom stereocenters. The summed E-state index contributed by atoms with van der Waals surface area (Å²) in [6, 6.07) is 0. The summed E-state index contributed by atoms with van der Waals surface area (Å²) in [4.78, 5) is 12.3. The van der Waals surface area contributed by atoms with Gasteiger partial charge in [-0.1, -0.05) is 13.3 Å². The molecular weight excluding hydrogens is 238 g/mol. The first-order valence-corrected chi connectivity index (χ1v) is 6.28. The number of halogens is 1. The van der Waals surface area contributed by atoms with Crippen LogP contribution in [0.25, 0.3) is 0 Å². The summed E-state index contributed by atoms with van der Waals surface area (Å²) < 4.78 is 0. The third-order valence-electron chi connectivity index (χ3n) is 2.27. The molecule has 0 fully saturated rings. The van der Waals surface area contributed by atoms with E-state index in [1.807, 2.05) is 6.92 Å². The Hall–Kier alpha value is -1.10. The molecule has 1 heterocycles. The Balaban J connectivity index is 2.83. The number of nitrogens with zero attached hydrogens (tertiary/aromatic N) is 3. The van der Waals surface area contributed by atoms with Gasteiger partial charge >= 0.3 is 0 Å². The van der Waals surface area contributed by atoms with Crippen LogP contribution in [0.15, 0.2) is 0 Å². The van der Waals surface area contributed by atoms with Crippen LogP contribution in [-0.2, 0) is 0 Å². The lowest BCUT2D eigenvalue weighted by Gasteiger charge is -2.25. The van der Waals surface area contributed by atoms with Gasteiger partial charge in [0.25, 0.3) is 0 Å². The molecule has 96 valence electrons. The minimum Gasteiger partial charge on any atom is -0.354 e. The summed E-state index contributed by atoms with van der Waals surface area (Å²) >= 11 is 5.85. The number of nitrogens with one attached hydrogen (secondary N) is 2. The van der Waals surface area contributed by atoms with Crippen molar-refractivity contribution in [2.45, 2.75) is 46.1 Å². The summed E-state index contributed by atoms with van der Waals surface area (Å²) in [7, 11) is 0. The molecule has 0 amide bonds. The Kier molecular flexibility index (Phi) is 4.93. The highest BCUT2D eigenvalue weighted by Gasteiger charge is 2.18. The van der Waals surface area contributed by atoms with Crippen LogP contribution in [0.1, 0.15) is 40.5 Å². The second-order valence-electron chi connectivity index (χ2n) is 4.54. The second-order valence-corrected chi connectivity index (χ2v) is 4.88. The fourth-order valence-corrected chi connectivity index (χ4v) is 1.79. The lowest BCUT2D eigenvalue weighted by molar-refractivity contribution is 0.506. The molecule has 0 aliphatic rings. The van der Waals surface area contributed by atoms with Gasteiger partial charge in [-0.25, -0.2) is 0 Å². The Bertz CT molecular complexity index is 367. The van der Waals surface area contributed by atoms with E-state index in [4.69, 9.17) is 11.6 Å². The molecule has 1 rings (SSSR count). The predicted molar refractivity (Wildman–Crippen MR) is 71.6 cm³/mol. The minimum absolute atomic E-state index is 0.0527. The van der Waals surface area contributed by atoms with Crippen LogP contribution in [0.5, 0.6) is 0 Å². The lowest BCUT2D eigenvalue weighted by Crippen LogP contribution is -2.31. The normalized spacial score (nSPS) is 11.4. The van der Waals surface area contributed by atoms with Gasteiger partial charge in [0.05, 0.1) is 0 Å². The minimum atomic E-state index is -0.0527. The van der Waals surface area contributed by atoms with E-state index in [0.717, 1.165) is 19.4 Å². The SMILES string of the molecule is CCCC(C)(C)Nc1nc(Cl)nc(NCC)n1. The molecule has 0 radical (unpaired) electrons. The van der Waals surface area contributed by atoms with Gasteiger partial charge < -0.3 is 10.6 Å². The van der Waals surface area contributed by atoms with Crippen molar-refractivity contribution >= 4 is 23.5 Å². The summed E-state index contributed by atoms with van der Waals surface area (Å²) in [6.07, 6.45) is 2.13. The molecule has 1 aromatic heterocycles. The molecule has 5 nitrogen and oxygen atoms in total. The smallest absolute Gasteiger partial charge is 0.229 e. The van der Waals surface area contributed by atoms with E-state index in [-0.39, 0.29) is 10.8 Å². The largest absolute Gasteiger partial charge is 0.354 e. The van der Waals surface area contributed by atoms with E-state index in [0.29, 0.717) is 11.9 Å². The van der Waals surface area contributed by atoms with Crippen molar-refractivity contribution in [2.24, 2.45) is 0 Å². The van der Waals surface area contributed by atoms with Crippen molar-refractivity contribution < 1.29 is 0 Å². The molecule has 0 saturated heterocycles. The Morgan fingerprint density at radius 2 is 1.76 bits per heavy atom. The first-order valence-electron chi connectivity index (χ1n) is 5.90. The third-order valence-corrected chi connectivity index (χ3v) is 2.44. The van der Waals surface area contributed by atoms with E-state index in [2.05, 4.69) is 46.4 Å². The molecule has 0 aliphatic carbocycles. The molecule has 0 aliphatic heterocycles. The fraction of sp³-hybridized carbons (Fsp3) is 0.727. The average Bonchev–Trinajstić information content (AvgIpc) is 2.15. The fourth-order valence-electron chi connectivity index (χ4n) is 1.63. The molecule has 17 heavy (non-hydrogen) atoms. The van der Waals surface area contributed by atoms with Crippen LogP contribution < -0.4 is 10.6 Å². The number of anilines is 2. The van der Waals surface area contributed by atoms with E-state index < -0.39 is 0 Å². The topological polar surface area (TPSA) is 62.7 Å². The van der Waals surface area contributed by atoms with Gasteiger partial charge in [-0.05, 0) is 38.8 Å². The molecule has 1 aromatic rings. The molecule has 0 aromatic carbocycles. The lowest BCUT2D eigenvalue weighted by atomic mass is 9.99. The molecule has 0 saturated carbocycles. The number of rotatable bonds is 6. The van der Waals surface area contributed by atoms with Crippen molar-refractivity contribution in [3.63, 3.8) is 0 Å². The van der Waals surface area contributed by atoms with Crippen molar-refractivity contribution in [3.8, 4) is 0 Å². The van der Waals surface area contributed by atoms with Crippen LogP contribution in [0.4, 0.5) is 11.9 Å². The zero-order valence-electron chi connectivity index (χ0n) is 10.8.